The molecule has 162 valence electrons. The monoisotopic (exact) mass is 414 g/mol. The van der Waals surface area contributed by atoms with Crippen LogP contribution in [0.3, 0.4) is 0 Å². The maximum absolute atomic E-state index is 13.6. The van der Waals surface area contributed by atoms with E-state index >= 15 is 0 Å². The largest absolute Gasteiger partial charge is 0.508 e. The van der Waals surface area contributed by atoms with Crippen molar-refractivity contribution in [3.05, 3.63) is 47.0 Å². The average molecular weight is 414 g/mol. The summed E-state index contributed by atoms with van der Waals surface area (Å²) in [5.74, 6) is 1.34. The number of benzene rings is 2. The molecule has 0 amide bonds. The van der Waals surface area contributed by atoms with E-state index in [9.17, 15) is 9.90 Å². The van der Waals surface area contributed by atoms with Gasteiger partial charge in [0.25, 0.3) is 0 Å². The van der Waals surface area contributed by atoms with E-state index in [1.807, 2.05) is 19.1 Å². The number of carbonyl (C=O) groups is 1. The van der Waals surface area contributed by atoms with Gasteiger partial charge in [-0.15, -0.1) is 0 Å². The lowest BCUT2D eigenvalue weighted by Crippen LogP contribution is -2.32. The molecule has 1 aliphatic carbocycles. The third-order valence-corrected chi connectivity index (χ3v) is 6.08. The van der Waals surface area contributed by atoms with Crippen molar-refractivity contribution in [3.8, 4) is 23.0 Å². The molecule has 1 aliphatic rings. The molecule has 30 heavy (non-hydrogen) atoms. The quantitative estimate of drug-likeness (QED) is 0.672. The molecule has 0 bridgehead atoms. The first kappa shape index (κ1) is 22.0. The molecule has 2 aromatic rings. The minimum Gasteiger partial charge on any atom is -0.508 e. The molecule has 1 N–H and O–H groups in total. The summed E-state index contributed by atoms with van der Waals surface area (Å²) >= 11 is 0. The van der Waals surface area contributed by atoms with Crippen LogP contribution in [0.5, 0.6) is 23.0 Å². The van der Waals surface area contributed by atoms with Gasteiger partial charge in [-0.2, -0.15) is 0 Å². The summed E-state index contributed by atoms with van der Waals surface area (Å²) in [5, 5.41) is 10.2. The first-order valence-corrected chi connectivity index (χ1v) is 10.1. The highest BCUT2D eigenvalue weighted by Crippen LogP contribution is 2.44. The van der Waals surface area contributed by atoms with Gasteiger partial charge in [0.1, 0.15) is 5.75 Å². The van der Waals surface area contributed by atoms with Crippen LogP contribution in [0.4, 0.5) is 0 Å². The maximum atomic E-state index is 13.6. The van der Waals surface area contributed by atoms with Gasteiger partial charge in [0.05, 0.1) is 27.4 Å². The maximum Gasteiger partial charge on any atom is 0.203 e. The lowest BCUT2D eigenvalue weighted by Gasteiger charge is -2.35. The molecule has 0 aromatic heterocycles. The third-order valence-electron chi connectivity index (χ3n) is 6.08. The van der Waals surface area contributed by atoms with Gasteiger partial charge in [0.15, 0.2) is 17.3 Å². The zero-order valence-corrected chi connectivity index (χ0v) is 18.2. The summed E-state index contributed by atoms with van der Waals surface area (Å²) < 4.78 is 21.8. The minimum atomic E-state index is -0.235. The van der Waals surface area contributed by atoms with Gasteiger partial charge in [0, 0.05) is 18.6 Å². The van der Waals surface area contributed by atoms with Crippen LogP contribution in [0.1, 0.15) is 46.7 Å². The van der Waals surface area contributed by atoms with Crippen molar-refractivity contribution in [1.29, 1.82) is 0 Å². The predicted octanol–water partition coefficient (Wildman–Crippen LogP) is 4.51. The second-order valence-electron chi connectivity index (χ2n) is 7.71. The number of phenolic OH excluding ortho intramolecular Hbond substituents is 1. The smallest absolute Gasteiger partial charge is 0.203 e. The Morgan fingerprint density at radius 1 is 0.967 bits per heavy atom. The van der Waals surface area contributed by atoms with Gasteiger partial charge in [-0.3, -0.25) is 4.79 Å². The summed E-state index contributed by atoms with van der Waals surface area (Å²) in [6.07, 6.45) is 2.32. The molecule has 1 fully saturated rings. The van der Waals surface area contributed by atoms with E-state index in [-0.39, 0.29) is 29.5 Å². The van der Waals surface area contributed by atoms with Crippen molar-refractivity contribution < 1.29 is 28.8 Å². The number of phenols is 1. The second-order valence-corrected chi connectivity index (χ2v) is 7.71. The van der Waals surface area contributed by atoms with Crippen molar-refractivity contribution in [2.75, 3.05) is 28.4 Å². The fourth-order valence-corrected chi connectivity index (χ4v) is 4.32. The van der Waals surface area contributed by atoms with Crippen LogP contribution in [0.2, 0.25) is 0 Å². The molecule has 6 heteroatoms. The number of carbonyl (C=O) groups excluding carboxylic acids is 1. The zero-order valence-electron chi connectivity index (χ0n) is 18.2. The lowest BCUT2D eigenvalue weighted by molar-refractivity contribution is 0.0430. The number of methoxy groups -OCH3 is 4. The van der Waals surface area contributed by atoms with Crippen LogP contribution in [0.25, 0.3) is 0 Å². The van der Waals surface area contributed by atoms with E-state index in [0.29, 0.717) is 29.2 Å². The van der Waals surface area contributed by atoms with Gasteiger partial charge < -0.3 is 24.1 Å². The fraction of sp³-hybridized carbons (Fsp3) is 0.458. The first-order valence-electron chi connectivity index (χ1n) is 10.1. The molecule has 0 aliphatic heterocycles. The van der Waals surface area contributed by atoms with Crippen molar-refractivity contribution in [1.82, 2.24) is 0 Å². The molecule has 3 unspecified atom stereocenters. The third kappa shape index (κ3) is 4.24. The molecule has 0 heterocycles. The topological polar surface area (TPSA) is 74.2 Å². The zero-order chi connectivity index (χ0) is 21.8. The standard InChI is InChI=1S/C24H30O6/c1-14-6-7-15(10-20(14)25)19-13-17(27-2)8-9-18(19)23(26)16-11-21(28-3)24(30-5)22(12-16)29-4/h6-7,10-12,17-19,25H,8-9,13H2,1-5H3. The predicted molar refractivity (Wildman–Crippen MR) is 114 cm³/mol. The Labute approximate surface area is 177 Å². The molecule has 0 spiro atoms. The van der Waals surface area contributed by atoms with Crippen molar-refractivity contribution in [2.24, 2.45) is 5.92 Å². The highest BCUT2D eigenvalue weighted by Gasteiger charge is 2.37. The minimum absolute atomic E-state index is 0.0221. The summed E-state index contributed by atoms with van der Waals surface area (Å²) in [4.78, 5) is 13.6. The molecule has 2 aromatic carbocycles. The second kappa shape index (κ2) is 9.39. The number of Topliss-reactive ketones (excluding diaryl/α,β-unsaturated/α-hetero) is 1. The van der Waals surface area contributed by atoms with Crippen LogP contribution >= 0.6 is 0 Å². The van der Waals surface area contributed by atoms with Gasteiger partial charge in [-0.25, -0.2) is 0 Å². The SMILES string of the molecule is COc1cc(C(=O)C2CCC(OC)CC2c2ccc(C)c(O)c2)cc(OC)c1OC. The number of rotatable bonds is 7. The number of aromatic hydroxyl groups is 1. The van der Waals surface area contributed by atoms with E-state index < -0.39 is 0 Å². The van der Waals surface area contributed by atoms with Crippen LogP contribution in [0, 0.1) is 12.8 Å². The Hall–Kier alpha value is -2.73. The highest BCUT2D eigenvalue weighted by molar-refractivity contribution is 5.99. The highest BCUT2D eigenvalue weighted by atomic mass is 16.5. The number of ether oxygens (including phenoxy) is 4. The summed E-state index contributed by atoms with van der Waals surface area (Å²) in [6.45, 7) is 1.86. The van der Waals surface area contributed by atoms with E-state index in [1.165, 1.54) is 21.3 Å². The van der Waals surface area contributed by atoms with Gasteiger partial charge >= 0.3 is 0 Å². The van der Waals surface area contributed by atoms with Gasteiger partial charge in [0.2, 0.25) is 5.75 Å². The Balaban J connectivity index is 2.00. The van der Waals surface area contributed by atoms with Crippen molar-refractivity contribution in [3.63, 3.8) is 0 Å². The number of hydrogen-bond donors (Lipinski definition) is 1. The van der Waals surface area contributed by atoms with Crippen LogP contribution < -0.4 is 14.2 Å². The fourth-order valence-electron chi connectivity index (χ4n) is 4.32. The van der Waals surface area contributed by atoms with Crippen molar-refractivity contribution >= 4 is 5.78 Å². The number of ketones is 1. The molecule has 1 saturated carbocycles. The van der Waals surface area contributed by atoms with E-state index in [2.05, 4.69) is 0 Å². The van der Waals surface area contributed by atoms with Gasteiger partial charge in [-0.05, 0) is 61.4 Å². The lowest BCUT2D eigenvalue weighted by atomic mass is 9.71. The van der Waals surface area contributed by atoms with Gasteiger partial charge in [-0.1, -0.05) is 12.1 Å². The summed E-state index contributed by atoms with van der Waals surface area (Å²) in [5.41, 5.74) is 2.28. The average Bonchev–Trinajstić information content (AvgIpc) is 2.78. The molecule has 0 saturated heterocycles. The molecule has 3 atom stereocenters. The summed E-state index contributed by atoms with van der Waals surface area (Å²) in [6, 6.07) is 9.06. The Morgan fingerprint density at radius 3 is 2.17 bits per heavy atom. The Morgan fingerprint density at radius 2 is 1.63 bits per heavy atom. The summed E-state index contributed by atoms with van der Waals surface area (Å²) in [7, 11) is 6.31. The van der Waals surface area contributed by atoms with Crippen LogP contribution in [0.15, 0.2) is 30.3 Å². The Kier molecular flexibility index (Phi) is 6.87. The molecular weight excluding hydrogens is 384 g/mol. The number of hydrogen-bond acceptors (Lipinski definition) is 6. The van der Waals surface area contributed by atoms with E-state index in [0.717, 1.165) is 24.0 Å². The van der Waals surface area contributed by atoms with E-state index in [1.54, 1.807) is 25.3 Å². The van der Waals surface area contributed by atoms with Crippen LogP contribution in [-0.2, 0) is 4.74 Å². The first-order chi connectivity index (χ1) is 14.4. The van der Waals surface area contributed by atoms with Crippen LogP contribution in [-0.4, -0.2) is 45.4 Å². The van der Waals surface area contributed by atoms with Crippen molar-refractivity contribution in [2.45, 2.75) is 38.2 Å². The molecule has 6 nitrogen and oxygen atoms in total. The number of aryl methyl sites for hydroxylation is 1. The Bertz CT molecular complexity index is 882. The molecule has 0 radical (unpaired) electrons. The van der Waals surface area contributed by atoms with E-state index in [4.69, 9.17) is 18.9 Å². The molecular formula is C24H30O6. The normalized spacial score (nSPS) is 21.2. The molecule has 3 rings (SSSR count).